The minimum absolute atomic E-state index is 0. The molecule has 0 N–H and O–H groups in total. The molecule has 0 heterocycles. The zero-order valence-electron chi connectivity index (χ0n) is 7.92. The van der Waals surface area contributed by atoms with Gasteiger partial charge < -0.3 is 9.44 Å². The number of ether oxygens (including phenoxy) is 1. The Balaban J connectivity index is 0. The summed E-state index contributed by atoms with van der Waals surface area (Å²) >= 11 is 0. The smallest absolute Gasteiger partial charge is 1.00 e. The molecule has 0 aliphatic rings. The first-order valence-electron chi connectivity index (χ1n) is 3.69. The molecule has 0 radical (unpaired) electrons. The molecule has 0 unspecified atom stereocenters. The van der Waals surface area contributed by atoms with Crippen molar-refractivity contribution in [2.45, 2.75) is 6.61 Å². The Hall–Kier alpha value is 0.671. The third-order valence-electron chi connectivity index (χ3n) is 1.36. The monoisotopic (exact) mass is 228 g/mol. The number of halogens is 3. The summed E-state index contributed by atoms with van der Waals surface area (Å²) in [4.78, 5) is 0. The summed E-state index contributed by atoms with van der Waals surface area (Å²) < 4.78 is 28.0. The van der Waals surface area contributed by atoms with Gasteiger partial charge in [-0.3, -0.25) is 8.63 Å². The Morgan fingerprint density at radius 3 is 2.21 bits per heavy atom. The van der Waals surface area contributed by atoms with Crippen LogP contribution in [-0.4, -0.2) is 13.8 Å². The molecule has 0 saturated carbocycles. The molecule has 1 nitrogen and oxygen atoms in total. The van der Waals surface area contributed by atoms with Gasteiger partial charge in [-0.15, -0.1) is 0 Å². The maximum absolute atomic E-state index is 11.6. The van der Waals surface area contributed by atoms with E-state index in [1.165, 1.54) is 0 Å². The van der Waals surface area contributed by atoms with Crippen LogP contribution >= 0.6 is 0 Å². The summed E-state index contributed by atoms with van der Waals surface area (Å²) in [6, 6.07) is 9.25. The first-order valence-corrected chi connectivity index (χ1v) is 3.69. The van der Waals surface area contributed by atoms with E-state index in [1.54, 1.807) is 0 Å². The van der Waals surface area contributed by atoms with Crippen LogP contribution in [0.1, 0.15) is 5.56 Å². The fraction of sp³-hybridized carbons (Fsp3) is 0.250. The van der Waals surface area contributed by atoms with Crippen LogP contribution < -0.4 is 56.1 Å². The van der Waals surface area contributed by atoms with Gasteiger partial charge in [0.05, 0.1) is 13.1 Å². The third kappa shape index (κ3) is 8.02. The van der Waals surface area contributed by atoms with Gasteiger partial charge >= 0.3 is 58.7 Å². The van der Waals surface area contributed by atoms with Crippen LogP contribution in [0, 0.1) is 0 Å². The van der Waals surface area contributed by atoms with Gasteiger partial charge in [-0.1, -0.05) is 30.3 Å². The van der Waals surface area contributed by atoms with Crippen molar-refractivity contribution in [1.29, 1.82) is 0 Å². The van der Waals surface area contributed by atoms with Crippen molar-refractivity contribution in [3.63, 3.8) is 0 Å². The second kappa shape index (κ2) is 10.2. The Morgan fingerprint density at radius 2 is 1.71 bits per heavy atom. The van der Waals surface area contributed by atoms with E-state index in [-0.39, 0.29) is 62.7 Å². The number of hydrogen-bond acceptors (Lipinski definition) is 1. The van der Waals surface area contributed by atoms with E-state index in [1.807, 2.05) is 30.3 Å². The fourth-order valence-electron chi connectivity index (χ4n) is 0.840. The third-order valence-corrected chi connectivity index (χ3v) is 1.36. The first-order chi connectivity index (χ1) is 5.79. The van der Waals surface area contributed by atoms with Gasteiger partial charge in [0.25, 0.3) is 0 Å². The molecule has 1 aromatic rings. The molecule has 1 aromatic carbocycles. The van der Waals surface area contributed by atoms with Crippen LogP contribution in [0.25, 0.3) is 0 Å². The predicted octanol–water partition coefficient (Wildman–Crippen LogP) is -3.82. The molecule has 0 saturated heterocycles. The summed E-state index contributed by atoms with van der Waals surface area (Å²) in [5, 5.41) is 0. The van der Waals surface area contributed by atoms with Crippen LogP contribution in [0.4, 0.5) is 8.63 Å². The van der Waals surface area contributed by atoms with E-state index in [4.69, 9.17) is 4.74 Å². The molecule has 6 heteroatoms. The van der Waals surface area contributed by atoms with Crippen molar-refractivity contribution in [2.24, 2.45) is 0 Å². The van der Waals surface area contributed by atoms with Crippen LogP contribution in [0.3, 0.4) is 0 Å². The summed E-state index contributed by atoms with van der Waals surface area (Å²) in [5.74, 6) is 0. The molecule has 0 aliphatic heterocycles. The fourth-order valence-corrected chi connectivity index (χ4v) is 0.840. The minimum Gasteiger partial charge on any atom is -1.00 e. The molecule has 0 amide bonds. The van der Waals surface area contributed by atoms with Crippen molar-refractivity contribution in [3.8, 4) is 0 Å². The van der Waals surface area contributed by atoms with E-state index in [0.29, 0.717) is 0 Å². The molecule has 0 aliphatic carbocycles. The van der Waals surface area contributed by atoms with Gasteiger partial charge in [-0.25, -0.2) is 0 Å². The Kier molecular flexibility index (Phi) is 12.4. The van der Waals surface area contributed by atoms with Gasteiger partial charge in [0.2, 0.25) is 0 Å². The number of hydrogen-bond donors (Lipinski definition) is 0. The topological polar surface area (TPSA) is 9.23 Å². The standard InChI is InChI=1S/C8H9BF2O.FH.K/c10-9(11)7-12-6-8-4-2-1-3-5-8;;/h1-5H,6-7H2;1H;/q;;+1/p-1. The van der Waals surface area contributed by atoms with Crippen LogP contribution in [0.15, 0.2) is 30.3 Å². The molecule has 0 bridgehead atoms. The number of benzene rings is 1. The molecular formula is C8H9BF3KO. The maximum atomic E-state index is 11.6. The van der Waals surface area contributed by atoms with E-state index in [9.17, 15) is 8.63 Å². The summed E-state index contributed by atoms with van der Waals surface area (Å²) in [5.41, 5.74) is 0.915. The van der Waals surface area contributed by atoms with E-state index >= 15 is 0 Å². The number of rotatable bonds is 4. The van der Waals surface area contributed by atoms with Gasteiger partial charge in [0.15, 0.2) is 0 Å². The van der Waals surface area contributed by atoms with E-state index in [2.05, 4.69) is 0 Å². The largest absolute Gasteiger partial charge is 1.00 e. The second-order valence-corrected chi connectivity index (χ2v) is 2.39. The Bertz CT molecular complexity index is 223. The Morgan fingerprint density at radius 1 is 1.14 bits per heavy atom. The quantitative estimate of drug-likeness (QED) is 0.480. The van der Waals surface area contributed by atoms with Gasteiger partial charge in [0.1, 0.15) is 0 Å². The minimum atomic E-state index is -2.38. The van der Waals surface area contributed by atoms with Crippen molar-refractivity contribution < 1.29 is 69.5 Å². The molecule has 72 valence electrons. The molecule has 0 spiro atoms. The molecular weight excluding hydrogens is 219 g/mol. The second-order valence-electron chi connectivity index (χ2n) is 2.39. The van der Waals surface area contributed by atoms with Crippen molar-refractivity contribution >= 4 is 7.27 Å². The zero-order valence-corrected chi connectivity index (χ0v) is 11.0. The van der Waals surface area contributed by atoms with Gasteiger partial charge in [0, 0.05) is 0 Å². The zero-order chi connectivity index (χ0) is 8.81. The average Bonchev–Trinajstić information content (AvgIpc) is 2.05. The normalized spacial score (nSPS) is 8.43. The van der Waals surface area contributed by atoms with Crippen molar-refractivity contribution in [2.75, 3.05) is 6.51 Å². The van der Waals surface area contributed by atoms with Crippen LogP contribution in [0.2, 0.25) is 0 Å². The summed E-state index contributed by atoms with van der Waals surface area (Å²) in [6.45, 7) is -0.236. The van der Waals surface area contributed by atoms with Crippen LogP contribution in [0.5, 0.6) is 0 Å². The molecule has 1 rings (SSSR count). The van der Waals surface area contributed by atoms with Crippen LogP contribution in [-0.2, 0) is 11.3 Å². The molecule has 0 atom stereocenters. The maximum Gasteiger partial charge on any atom is 1.00 e. The Labute approximate surface area is 124 Å². The van der Waals surface area contributed by atoms with E-state index < -0.39 is 13.8 Å². The van der Waals surface area contributed by atoms with Gasteiger partial charge in [-0.05, 0) is 5.56 Å². The summed E-state index contributed by atoms with van der Waals surface area (Å²) in [6.07, 6.45) is 0. The molecule has 0 aromatic heterocycles. The molecule has 0 fully saturated rings. The SMILES string of the molecule is FB(F)COCc1ccccc1.[F-].[K+]. The van der Waals surface area contributed by atoms with Gasteiger partial charge in [-0.2, -0.15) is 0 Å². The summed E-state index contributed by atoms with van der Waals surface area (Å²) in [7, 11) is -2.38. The molecule has 14 heavy (non-hydrogen) atoms. The average molecular weight is 228 g/mol. The van der Waals surface area contributed by atoms with E-state index in [0.717, 1.165) is 5.56 Å². The first kappa shape index (κ1) is 17.1. The predicted molar refractivity (Wildman–Crippen MR) is 44.1 cm³/mol. The van der Waals surface area contributed by atoms with Crippen molar-refractivity contribution in [3.05, 3.63) is 35.9 Å². The van der Waals surface area contributed by atoms with Crippen molar-refractivity contribution in [1.82, 2.24) is 0 Å².